The van der Waals surface area contributed by atoms with Crippen molar-refractivity contribution in [1.29, 1.82) is 0 Å². The maximum atomic E-state index is 12.8. The van der Waals surface area contributed by atoms with Crippen LogP contribution in [0, 0.1) is 0 Å². The Morgan fingerprint density at radius 1 is 1.40 bits per heavy atom. The Hall–Kier alpha value is -1.56. The molecule has 2 heterocycles. The third kappa shape index (κ3) is 4.00. The van der Waals surface area contributed by atoms with Crippen LogP contribution in [-0.2, 0) is 4.79 Å². The van der Waals surface area contributed by atoms with Crippen molar-refractivity contribution in [3.63, 3.8) is 0 Å². The van der Waals surface area contributed by atoms with E-state index in [0.29, 0.717) is 24.6 Å². The summed E-state index contributed by atoms with van der Waals surface area (Å²) in [6.45, 7) is 7.44. The number of benzene rings is 1. The van der Waals surface area contributed by atoms with E-state index in [0.717, 1.165) is 36.5 Å². The van der Waals surface area contributed by atoms with E-state index in [4.69, 9.17) is 22.1 Å². The largest absolute Gasteiger partial charge is 0.489 e. The molecule has 2 atom stereocenters. The van der Waals surface area contributed by atoms with Crippen LogP contribution in [0.5, 0.6) is 5.75 Å². The highest BCUT2D eigenvalue weighted by atomic mass is 35.5. The predicted molar refractivity (Wildman–Crippen MR) is 101 cm³/mol. The predicted octanol–water partition coefficient (Wildman–Crippen LogP) is 2.39. The Balaban J connectivity index is 1.75. The number of rotatable bonds is 5. The maximum absolute atomic E-state index is 12.8. The summed E-state index contributed by atoms with van der Waals surface area (Å²) in [7, 11) is 0. The van der Waals surface area contributed by atoms with Gasteiger partial charge in [0.2, 0.25) is 5.91 Å². The van der Waals surface area contributed by atoms with Crippen molar-refractivity contribution in [2.45, 2.75) is 32.4 Å². The fourth-order valence-electron chi connectivity index (χ4n) is 3.66. The molecule has 0 unspecified atom stereocenters. The molecular formula is C19H26ClN3O2. The van der Waals surface area contributed by atoms with Gasteiger partial charge in [-0.3, -0.25) is 9.69 Å². The lowest BCUT2D eigenvalue weighted by molar-refractivity contribution is -0.135. The standard InChI is InChI=1S/C19H26ClN3O2/c1-3-22(4-2)19(24)17-9-16(21)11-23(17)10-13-7-14-8-15(20)5-6-18(14)25-12-13/h5-8,16-17H,3-4,9-12,21H2,1-2H3/t16-,17-/m0/s1. The van der Waals surface area contributed by atoms with Crippen LogP contribution < -0.4 is 10.5 Å². The van der Waals surface area contributed by atoms with E-state index < -0.39 is 0 Å². The highest BCUT2D eigenvalue weighted by molar-refractivity contribution is 6.30. The average Bonchev–Trinajstić information content (AvgIpc) is 2.95. The molecule has 0 aromatic heterocycles. The quantitative estimate of drug-likeness (QED) is 0.872. The molecule has 2 N–H and O–H groups in total. The van der Waals surface area contributed by atoms with Crippen LogP contribution in [0.4, 0.5) is 0 Å². The summed E-state index contributed by atoms with van der Waals surface area (Å²) < 4.78 is 5.83. The van der Waals surface area contributed by atoms with Gasteiger partial charge in [0.1, 0.15) is 12.4 Å². The first-order valence-electron chi connectivity index (χ1n) is 8.92. The smallest absolute Gasteiger partial charge is 0.239 e. The minimum absolute atomic E-state index is 0.0383. The summed E-state index contributed by atoms with van der Waals surface area (Å²) in [6.07, 6.45) is 2.83. The van der Waals surface area contributed by atoms with Crippen LogP contribution in [-0.4, -0.2) is 60.6 Å². The van der Waals surface area contributed by atoms with Gasteiger partial charge in [-0.15, -0.1) is 0 Å². The second-order valence-corrected chi connectivity index (χ2v) is 7.16. The first-order valence-corrected chi connectivity index (χ1v) is 9.29. The third-order valence-corrected chi connectivity index (χ3v) is 5.18. The van der Waals surface area contributed by atoms with Gasteiger partial charge in [0.15, 0.2) is 0 Å². The number of halogens is 1. The zero-order chi connectivity index (χ0) is 18.0. The number of hydrogen-bond donors (Lipinski definition) is 1. The number of nitrogens with zero attached hydrogens (tertiary/aromatic N) is 2. The number of likely N-dealkylation sites (tertiary alicyclic amines) is 1. The Labute approximate surface area is 154 Å². The fraction of sp³-hybridized carbons (Fsp3) is 0.526. The van der Waals surface area contributed by atoms with Crippen molar-refractivity contribution in [3.05, 3.63) is 34.4 Å². The minimum Gasteiger partial charge on any atom is -0.489 e. The van der Waals surface area contributed by atoms with Crippen molar-refractivity contribution >= 4 is 23.6 Å². The summed E-state index contributed by atoms with van der Waals surface area (Å²) in [5.74, 6) is 1.03. The van der Waals surface area contributed by atoms with Gasteiger partial charge in [-0.05, 0) is 50.1 Å². The molecule has 1 amide bonds. The lowest BCUT2D eigenvalue weighted by Crippen LogP contribution is -2.46. The summed E-state index contributed by atoms with van der Waals surface area (Å²) in [6, 6.07) is 5.53. The van der Waals surface area contributed by atoms with Gasteiger partial charge < -0.3 is 15.4 Å². The lowest BCUT2D eigenvalue weighted by Gasteiger charge is -2.30. The normalized spacial score (nSPS) is 23.0. The summed E-state index contributed by atoms with van der Waals surface area (Å²) in [5.41, 5.74) is 8.29. The zero-order valence-corrected chi connectivity index (χ0v) is 15.6. The molecule has 1 saturated heterocycles. The van der Waals surface area contributed by atoms with Gasteiger partial charge in [-0.1, -0.05) is 11.6 Å². The van der Waals surface area contributed by atoms with Gasteiger partial charge in [-0.25, -0.2) is 0 Å². The highest BCUT2D eigenvalue weighted by Gasteiger charge is 2.37. The van der Waals surface area contributed by atoms with E-state index in [1.54, 1.807) is 0 Å². The van der Waals surface area contributed by atoms with Crippen molar-refractivity contribution < 1.29 is 9.53 Å². The first-order chi connectivity index (χ1) is 12.0. The monoisotopic (exact) mass is 363 g/mol. The van der Waals surface area contributed by atoms with Gasteiger partial charge in [0.05, 0.1) is 6.04 Å². The van der Waals surface area contributed by atoms with Crippen LogP contribution in [0.2, 0.25) is 5.02 Å². The van der Waals surface area contributed by atoms with Gasteiger partial charge in [-0.2, -0.15) is 0 Å². The molecule has 0 saturated carbocycles. The van der Waals surface area contributed by atoms with Crippen molar-refractivity contribution in [1.82, 2.24) is 9.80 Å². The molecule has 2 aliphatic heterocycles. The molecule has 136 valence electrons. The van der Waals surface area contributed by atoms with E-state index in [1.807, 2.05) is 36.9 Å². The molecule has 1 fully saturated rings. The molecule has 0 bridgehead atoms. The van der Waals surface area contributed by atoms with Crippen molar-refractivity contribution in [2.24, 2.45) is 5.73 Å². The average molecular weight is 364 g/mol. The molecule has 5 nitrogen and oxygen atoms in total. The van der Waals surface area contributed by atoms with Crippen LogP contribution in [0.25, 0.3) is 6.08 Å². The summed E-state index contributed by atoms with van der Waals surface area (Å²) >= 11 is 6.08. The molecule has 1 aromatic carbocycles. The molecule has 0 spiro atoms. The van der Waals surface area contributed by atoms with Crippen LogP contribution in [0.15, 0.2) is 23.8 Å². The number of ether oxygens (including phenoxy) is 1. The van der Waals surface area contributed by atoms with Crippen LogP contribution >= 0.6 is 11.6 Å². The molecule has 25 heavy (non-hydrogen) atoms. The van der Waals surface area contributed by atoms with Crippen LogP contribution in [0.3, 0.4) is 0 Å². The number of amides is 1. The topological polar surface area (TPSA) is 58.8 Å². The Kier molecular flexibility index (Phi) is 5.67. The molecule has 0 radical (unpaired) electrons. The van der Waals surface area contributed by atoms with E-state index in [-0.39, 0.29) is 18.0 Å². The second-order valence-electron chi connectivity index (χ2n) is 6.72. The number of likely N-dealkylation sites (N-methyl/N-ethyl adjacent to an activating group) is 1. The molecule has 3 rings (SSSR count). The SMILES string of the molecule is CCN(CC)C(=O)[C@@H]1C[C@H](N)CN1CC1=Cc2cc(Cl)ccc2OC1. The highest BCUT2D eigenvalue weighted by Crippen LogP contribution is 2.30. The number of carbonyl (C=O) groups excluding carboxylic acids is 1. The Bertz CT molecular complexity index is 673. The number of carbonyl (C=O) groups is 1. The Morgan fingerprint density at radius 2 is 2.16 bits per heavy atom. The third-order valence-electron chi connectivity index (χ3n) is 4.95. The molecule has 6 heteroatoms. The van der Waals surface area contributed by atoms with Gasteiger partial charge in [0.25, 0.3) is 0 Å². The molecule has 1 aromatic rings. The van der Waals surface area contributed by atoms with E-state index in [9.17, 15) is 4.79 Å². The molecular weight excluding hydrogens is 338 g/mol. The number of nitrogens with two attached hydrogens (primary N) is 1. The fourth-order valence-corrected chi connectivity index (χ4v) is 3.84. The Morgan fingerprint density at radius 3 is 2.88 bits per heavy atom. The summed E-state index contributed by atoms with van der Waals surface area (Å²) in [5, 5.41) is 0.692. The minimum atomic E-state index is -0.142. The van der Waals surface area contributed by atoms with Gasteiger partial charge in [0, 0.05) is 42.8 Å². The lowest BCUT2D eigenvalue weighted by atomic mass is 10.1. The molecule has 2 aliphatic rings. The van der Waals surface area contributed by atoms with E-state index in [2.05, 4.69) is 11.0 Å². The van der Waals surface area contributed by atoms with Gasteiger partial charge >= 0.3 is 0 Å². The second kappa shape index (κ2) is 7.77. The number of fused-ring (bicyclic) bond motifs is 1. The van der Waals surface area contributed by atoms with Crippen LogP contribution in [0.1, 0.15) is 25.8 Å². The summed E-state index contributed by atoms with van der Waals surface area (Å²) in [4.78, 5) is 16.9. The van der Waals surface area contributed by atoms with Crippen molar-refractivity contribution in [2.75, 3.05) is 32.8 Å². The van der Waals surface area contributed by atoms with E-state index >= 15 is 0 Å². The number of hydrogen-bond acceptors (Lipinski definition) is 4. The van der Waals surface area contributed by atoms with Crippen molar-refractivity contribution in [3.8, 4) is 5.75 Å². The molecule has 0 aliphatic carbocycles. The maximum Gasteiger partial charge on any atom is 0.239 e. The first kappa shape index (κ1) is 18.2. The van der Waals surface area contributed by atoms with E-state index in [1.165, 1.54) is 0 Å². The zero-order valence-electron chi connectivity index (χ0n) is 14.9.